The molecule has 3 aromatic heterocycles. The van der Waals surface area contributed by atoms with Gasteiger partial charge in [0.25, 0.3) is 5.56 Å². The highest BCUT2D eigenvalue weighted by molar-refractivity contribution is 5.79. The lowest BCUT2D eigenvalue weighted by Gasteiger charge is -2.13. The van der Waals surface area contributed by atoms with Gasteiger partial charge >= 0.3 is 0 Å². The fraction of sp³-hybridized carbons (Fsp3) is 0.250. The molecule has 0 atom stereocenters. The number of hydrogen-bond acceptors (Lipinski definition) is 5. The molecule has 0 saturated carbocycles. The number of fused-ring (bicyclic) bond motifs is 1. The Labute approximate surface area is 185 Å². The van der Waals surface area contributed by atoms with Gasteiger partial charge in [-0.3, -0.25) is 14.2 Å². The number of H-pyrrole nitrogens is 1. The van der Waals surface area contributed by atoms with Crippen LogP contribution in [0.1, 0.15) is 22.5 Å². The Kier molecular flexibility index (Phi) is 6.30. The van der Waals surface area contributed by atoms with E-state index in [1.807, 2.05) is 55.6 Å². The van der Waals surface area contributed by atoms with Crippen molar-refractivity contribution in [2.45, 2.75) is 33.4 Å². The summed E-state index contributed by atoms with van der Waals surface area (Å²) in [5.41, 5.74) is 5.18. The van der Waals surface area contributed by atoms with Gasteiger partial charge in [-0.05, 0) is 43.5 Å². The van der Waals surface area contributed by atoms with E-state index in [2.05, 4.69) is 25.6 Å². The molecular weight excluding hydrogens is 404 g/mol. The topological polar surface area (TPSA) is 105 Å². The molecule has 4 rings (SSSR count). The van der Waals surface area contributed by atoms with Crippen LogP contribution in [-0.4, -0.2) is 32.0 Å². The molecular formula is C24H26N6O2. The monoisotopic (exact) mass is 430 g/mol. The van der Waals surface area contributed by atoms with Crippen molar-refractivity contribution in [1.82, 2.24) is 24.8 Å². The second-order valence-corrected chi connectivity index (χ2v) is 7.75. The maximum atomic E-state index is 12.8. The summed E-state index contributed by atoms with van der Waals surface area (Å²) in [6, 6.07) is 13.9. The van der Waals surface area contributed by atoms with Gasteiger partial charge in [0.15, 0.2) is 5.82 Å². The summed E-state index contributed by atoms with van der Waals surface area (Å²) >= 11 is 0. The third-order valence-electron chi connectivity index (χ3n) is 5.34. The number of anilines is 1. The average Bonchev–Trinajstić information content (AvgIpc) is 3.27. The third-order valence-corrected chi connectivity index (χ3v) is 5.34. The first-order valence-electron chi connectivity index (χ1n) is 10.6. The Hall–Kier alpha value is -3.94. The molecule has 8 nitrogen and oxygen atoms in total. The van der Waals surface area contributed by atoms with Crippen LogP contribution in [0.15, 0.2) is 59.7 Å². The highest BCUT2D eigenvalue weighted by atomic mass is 16.2. The zero-order valence-electron chi connectivity index (χ0n) is 18.2. The minimum absolute atomic E-state index is 0.0774. The molecule has 4 aromatic rings. The largest absolute Gasteiger partial charge is 0.365 e. The Morgan fingerprint density at radius 1 is 1.16 bits per heavy atom. The zero-order valence-corrected chi connectivity index (χ0v) is 18.2. The van der Waals surface area contributed by atoms with Crippen molar-refractivity contribution < 1.29 is 4.79 Å². The SMILES string of the molecule is Cc1cc(CNC(=O)Cn2c(C)cnc(NCCc3ccccc3)c2=O)nc2cc[nH]c12. The highest BCUT2D eigenvalue weighted by Gasteiger charge is 2.12. The van der Waals surface area contributed by atoms with E-state index in [1.54, 1.807) is 13.1 Å². The number of nitrogens with one attached hydrogen (secondary N) is 3. The Balaban J connectivity index is 1.38. The fourth-order valence-corrected chi connectivity index (χ4v) is 3.62. The molecule has 0 aliphatic heterocycles. The first-order valence-corrected chi connectivity index (χ1v) is 10.6. The first-order chi connectivity index (χ1) is 15.5. The van der Waals surface area contributed by atoms with Gasteiger partial charge in [-0.25, -0.2) is 9.97 Å². The lowest BCUT2D eigenvalue weighted by atomic mass is 10.1. The van der Waals surface area contributed by atoms with Crippen LogP contribution in [0.25, 0.3) is 11.0 Å². The van der Waals surface area contributed by atoms with E-state index >= 15 is 0 Å². The second-order valence-electron chi connectivity index (χ2n) is 7.75. The van der Waals surface area contributed by atoms with Crippen LogP contribution in [0.5, 0.6) is 0 Å². The van der Waals surface area contributed by atoms with E-state index in [0.29, 0.717) is 18.8 Å². The summed E-state index contributed by atoms with van der Waals surface area (Å²) in [5, 5.41) is 5.95. The molecule has 0 unspecified atom stereocenters. The van der Waals surface area contributed by atoms with Gasteiger partial charge in [0.1, 0.15) is 6.54 Å². The van der Waals surface area contributed by atoms with Gasteiger partial charge in [-0.15, -0.1) is 0 Å². The van der Waals surface area contributed by atoms with Crippen molar-refractivity contribution >= 4 is 22.8 Å². The predicted molar refractivity (Wildman–Crippen MR) is 125 cm³/mol. The normalized spacial score (nSPS) is 10.9. The smallest absolute Gasteiger partial charge is 0.293 e. The Morgan fingerprint density at radius 3 is 2.78 bits per heavy atom. The predicted octanol–water partition coefficient (Wildman–Crippen LogP) is 2.71. The summed E-state index contributed by atoms with van der Waals surface area (Å²) in [6.07, 6.45) is 4.22. The van der Waals surface area contributed by atoms with Gasteiger partial charge < -0.3 is 15.6 Å². The van der Waals surface area contributed by atoms with E-state index in [4.69, 9.17) is 0 Å². The molecule has 8 heteroatoms. The van der Waals surface area contributed by atoms with Crippen molar-refractivity contribution in [2.75, 3.05) is 11.9 Å². The minimum atomic E-state index is -0.309. The summed E-state index contributed by atoms with van der Waals surface area (Å²) in [5.74, 6) is -0.0141. The number of aromatic nitrogens is 4. The van der Waals surface area contributed by atoms with Crippen LogP contribution in [0.2, 0.25) is 0 Å². The number of hydrogen-bond donors (Lipinski definition) is 3. The van der Waals surface area contributed by atoms with Crippen molar-refractivity contribution in [3.05, 3.63) is 87.7 Å². The standard InChI is InChI=1S/C24H26N6O2/c1-16-12-19(29-20-9-11-25-22(16)20)14-27-21(31)15-30-17(2)13-28-23(24(30)32)26-10-8-18-6-4-3-5-7-18/h3-7,9,11-13,25H,8,10,14-15H2,1-2H3,(H,26,28)(H,27,31). The van der Waals surface area contributed by atoms with Crippen LogP contribution in [0.4, 0.5) is 5.82 Å². The molecule has 0 fully saturated rings. The molecule has 164 valence electrons. The van der Waals surface area contributed by atoms with Gasteiger partial charge in [0.05, 0.1) is 23.3 Å². The van der Waals surface area contributed by atoms with E-state index < -0.39 is 0 Å². The fourth-order valence-electron chi connectivity index (χ4n) is 3.62. The summed E-state index contributed by atoms with van der Waals surface area (Å²) in [7, 11) is 0. The number of rotatable bonds is 8. The van der Waals surface area contributed by atoms with E-state index in [1.165, 1.54) is 10.1 Å². The molecule has 0 saturated heterocycles. The van der Waals surface area contributed by atoms with Crippen LogP contribution in [-0.2, 0) is 24.3 Å². The van der Waals surface area contributed by atoms with Gasteiger partial charge in [0, 0.05) is 24.6 Å². The molecule has 0 radical (unpaired) electrons. The molecule has 3 N–H and O–H groups in total. The number of carbonyl (C=O) groups is 1. The van der Waals surface area contributed by atoms with E-state index in [9.17, 15) is 9.59 Å². The van der Waals surface area contributed by atoms with Crippen LogP contribution >= 0.6 is 0 Å². The number of carbonyl (C=O) groups excluding carboxylic acids is 1. The number of benzene rings is 1. The van der Waals surface area contributed by atoms with Crippen LogP contribution in [0.3, 0.4) is 0 Å². The lowest BCUT2D eigenvalue weighted by molar-refractivity contribution is -0.121. The Bertz CT molecular complexity index is 1290. The summed E-state index contributed by atoms with van der Waals surface area (Å²) in [4.78, 5) is 37.3. The molecule has 32 heavy (non-hydrogen) atoms. The maximum Gasteiger partial charge on any atom is 0.293 e. The van der Waals surface area contributed by atoms with E-state index in [0.717, 1.165) is 28.7 Å². The number of pyridine rings is 1. The van der Waals surface area contributed by atoms with E-state index in [-0.39, 0.29) is 23.8 Å². The second kappa shape index (κ2) is 9.47. The lowest BCUT2D eigenvalue weighted by Crippen LogP contribution is -2.34. The highest BCUT2D eigenvalue weighted by Crippen LogP contribution is 2.15. The zero-order chi connectivity index (χ0) is 22.5. The summed E-state index contributed by atoms with van der Waals surface area (Å²) in [6.45, 7) is 4.56. The molecule has 0 bridgehead atoms. The van der Waals surface area contributed by atoms with Crippen molar-refractivity contribution in [1.29, 1.82) is 0 Å². The van der Waals surface area contributed by atoms with Gasteiger partial charge in [0.2, 0.25) is 5.91 Å². The van der Waals surface area contributed by atoms with Crippen molar-refractivity contribution in [3.63, 3.8) is 0 Å². The molecule has 1 aromatic carbocycles. The van der Waals surface area contributed by atoms with Gasteiger partial charge in [-0.1, -0.05) is 30.3 Å². The van der Waals surface area contributed by atoms with Crippen molar-refractivity contribution in [2.24, 2.45) is 0 Å². The first kappa shape index (κ1) is 21.3. The maximum absolute atomic E-state index is 12.8. The number of aryl methyl sites for hydroxylation is 2. The quantitative estimate of drug-likeness (QED) is 0.399. The average molecular weight is 431 g/mol. The van der Waals surface area contributed by atoms with Crippen molar-refractivity contribution in [3.8, 4) is 0 Å². The number of nitrogens with zero attached hydrogens (tertiary/aromatic N) is 3. The van der Waals surface area contributed by atoms with Gasteiger partial charge in [-0.2, -0.15) is 0 Å². The number of aromatic amines is 1. The summed E-state index contributed by atoms with van der Waals surface area (Å²) < 4.78 is 1.43. The molecule has 0 aliphatic rings. The minimum Gasteiger partial charge on any atom is -0.365 e. The number of amides is 1. The van der Waals surface area contributed by atoms with Crippen LogP contribution < -0.4 is 16.2 Å². The molecule has 3 heterocycles. The van der Waals surface area contributed by atoms with Crippen LogP contribution in [0, 0.1) is 13.8 Å². The molecule has 0 aliphatic carbocycles. The Morgan fingerprint density at radius 2 is 1.97 bits per heavy atom. The molecule has 1 amide bonds. The third kappa shape index (κ3) is 4.85. The molecule has 0 spiro atoms.